The van der Waals surface area contributed by atoms with E-state index in [1.165, 1.54) is 0 Å². The Bertz CT molecular complexity index is 825. The molecule has 3 aromatic rings. The molecule has 3 rings (SSSR count). The molecule has 0 bridgehead atoms. The zero-order valence-corrected chi connectivity index (χ0v) is 15.3. The molecule has 0 unspecified atom stereocenters. The minimum absolute atomic E-state index is 0.549. The molecule has 0 saturated carbocycles. The van der Waals surface area contributed by atoms with E-state index in [0.29, 0.717) is 13.1 Å². The van der Waals surface area contributed by atoms with Crippen molar-refractivity contribution in [3.8, 4) is 5.82 Å². The first kappa shape index (κ1) is 17.9. The van der Waals surface area contributed by atoms with E-state index in [0.717, 1.165) is 34.5 Å². The van der Waals surface area contributed by atoms with Gasteiger partial charge in [-0.2, -0.15) is 0 Å². The third kappa shape index (κ3) is 5.07. The number of aliphatic imine (C=N–C) groups is 1. The molecule has 0 aliphatic heterocycles. The molecular weight excluding hydrogens is 348 g/mol. The molecule has 7 heteroatoms. The Morgan fingerprint density at radius 3 is 2.58 bits per heavy atom. The van der Waals surface area contributed by atoms with E-state index in [4.69, 9.17) is 11.6 Å². The van der Waals surface area contributed by atoms with Crippen LogP contribution >= 0.6 is 11.6 Å². The Kier molecular flexibility index (Phi) is 6.22. The Morgan fingerprint density at radius 2 is 1.92 bits per heavy atom. The van der Waals surface area contributed by atoms with Gasteiger partial charge >= 0.3 is 0 Å². The van der Waals surface area contributed by atoms with Crippen LogP contribution in [0.15, 0.2) is 66.3 Å². The summed E-state index contributed by atoms with van der Waals surface area (Å²) in [5.41, 5.74) is 2.18. The van der Waals surface area contributed by atoms with Gasteiger partial charge < -0.3 is 10.6 Å². The van der Waals surface area contributed by atoms with Crippen molar-refractivity contribution >= 4 is 17.6 Å². The molecular formula is C19H21ClN6. The van der Waals surface area contributed by atoms with E-state index in [1.54, 1.807) is 12.5 Å². The molecule has 0 spiro atoms. The normalized spacial score (nSPS) is 11.4. The summed E-state index contributed by atoms with van der Waals surface area (Å²) in [7, 11) is 0. The number of pyridine rings is 1. The minimum Gasteiger partial charge on any atom is -0.357 e. The summed E-state index contributed by atoms with van der Waals surface area (Å²) in [6.07, 6.45) is 7.16. The first-order valence-electron chi connectivity index (χ1n) is 8.44. The predicted octanol–water partition coefficient (Wildman–Crippen LogP) is 3.18. The fourth-order valence-corrected chi connectivity index (χ4v) is 2.48. The largest absolute Gasteiger partial charge is 0.357 e. The monoisotopic (exact) mass is 368 g/mol. The van der Waals surface area contributed by atoms with Crippen LogP contribution in [-0.4, -0.2) is 27.0 Å². The van der Waals surface area contributed by atoms with Crippen molar-refractivity contribution in [2.24, 2.45) is 4.99 Å². The number of hydrogen-bond donors (Lipinski definition) is 2. The van der Waals surface area contributed by atoms with Crippen molar-refractivity contribution in [3.63, 3.8) is 0 Å². The lowest BCUT2D eigenvalue weighted by Crippen LogP contribution is -2.36. The number of rotatable bonds is 6. The molecule has 2 heterocycles. The quantitative estimate of drug-likeness (QED) is 0.518. The summed E-state index contributed by atoms with van der Waals surface area (Å²) in [5.74, 6) is 1.60. The molecule has 0 amide bonds. The highest BCUT2D eigenvalue weighted by molar-refractivity contribution is 6.30. The Hall–Kier alpha value is -2.86. The van der Waals surface area contributed by atoms with Gasteiger partial charge in [-0.1, -0.05) is 29.8 Å². The van der Waals surface area contributed by atoms with Crippen LogP contribution in [0.2, 0.25) is 5.02 Å². The van der Waals surface area contributed by atoms with Crippen LogP contribution in [0.5, 0.6) is 0 Å². The van der Waals surface area contributed by atoms with Gasteiger partial charge in [-0.05, 0) is 36.2 Å². The summed E-state index contributed by atoms with van der Waals surface area (Å²) >= 11 is 5.92. The van der Waals surface area contributed by atoms with Crippen LogP contribution in [0, 0.1) is 0 Å². The van der Waals surface area contributed by atoms with Gasteiger partial charge in [0.2, 0.25) is 0 Å². The molecule has 0 atom stereocenters. The predicted molar refractivity (Wildman–Crippen MR) is 104 cm³/mol. The van der Waals surface area contributed by atoms with Crippen LogP contribution in [0.1, 0.15) is 18.1 Å². The number of nitrogens with one attached hydrogen (secondary N) is 2. The maximum Gasteiger partial charge on any atom is 0.191 e. The number of halogens is 1. The van der Waals surface area contributed by atoms with Crippen LogP contribution in [0.3, 0.4) is 0 Å². The molecule has 0 saturated heterocycles. The molecule has 2 N–H and O–H groups in total. The number of nitrogens with zero attached hydrogens (tertiary/aromatic N) is 4. The van der Waals surface area contributed by atoms with Gasteiger partial charge in [-0.25, -0.2) is 15.0 Å². The smallest absolute Gasteiger partial charge is 0.191 e. The molecule has 26 heavy (non-hydrogen) atoms. The molecule has 6 nitrogen and oxygen atoms in total. The second kappa shape index (κ2) is 9.01. The van der Waals surface area contributed by atoms with Crippen molar-refractivity contribution < 1.29 is 0 Å². The van der Waals surface area contributed by atoms with Gasteiger partial charge in [0.25, 0.3) is 0 Å². The van der Waals surface area contributed by atoms with Crippen molar-refractivity contribution in [2.75, 3.05) is 6.54 Å². The molecule has 0 aliphatic carbocycles. The lowest BCUT2D eigenvalue weighted by atomic mass is 10.2. The summed E-state index contributed by atoms with van der Waals surface area (Å²) in [6.45, 7) is 4.07. The second-order valence-corrected chi connectivity index (χ2v) is 6.11. The Morgan fingerprint density at radius 1 is 1.12 bits per heavy atom. The van der Waals surface area contributed by atoms with E-state index in [-0.39, 0.29) is 0 Å². The number of guanidine groups is 1. The molecule has 1 aromatic carbocycles. The molecule has 0 radical (unpaired) electrons. The zero-order valence-electron chi connectivity index (χ0n) is 14.6. The van der Waals surface area contributed by atoms with Crippen LogP contribution in [-0.2, 0) is 13.1 Å². The van der Waals surface area contributed by atoms with Crippen LogP contribution < -0.4 is 10.6 Å². The van der Waals surface area contributed by atoms with E-state index in [9.17, 15) is 0 Å². The van der Waals surface area contributed by atoms with Gasteiger partial charge in [0.05, 0.1) is 6.54 Å². The number of aromatic nitrogens is 3. The SMILES string of the molecule is CCNC(=NCc1ccc(-n2ccnc2)nc1)NCc1ccc(Cl)cc1. The van der Waals surface area contributed by atoms with E-state index >= 15 is 0 Å². The summed E-state index contributed by atoms with van der Waals surface area (Å²) in [5, 5.41) is 7.31. The number of hydrogen-bond acceptors (Lipinski definition) is 3. The molecule has 0 fully saturated rings. The van der Waals surface area contributed by atoms with Gasteiger partial charge in [0.1, 0.15) is 12.1 Å². The fraction of sp³-hybridized carbons (Fsp3) is 0.211. The third-order valence-electron chi connectivity index (χ3n) is 3.72. The summed E-state index contributed by atoms with van der Waals surface area (Å²) in [4.78, 5) is 13.1. The lowest BCUT2D eigenvalue weighted by Gasteiger charge is -2.11. The number of imidazole rings is 1. The van der Waals surface area contributed by atoms with Gasteiger partial charge in [0, 0.05) is 36.7 Å². The maximum absolute atomic E-state index is 5.92. The lowest BCUT2D eigenvalue weighted by molar-refractivity contribution is 0.815. The highest BCUT2D eigenvalue weighted by Crippen LogP contribution is 2.09. The summed E-state index contributed by atoms with van der Waals surface area (Å²) < 4.78 is 1.87. The van der Waals surface area contributed by atoms with Crippen LogP contribution in [0.4, 0.5) is 0 Å². The average Bonchev–Trinajstić information content (AvgIpc) is 3.20. The van der Waals surface area contributed by atoms with Crippen molar-refractivity contribution in [1.29, 1.82) is 0 Å². The highest BCUT2D eigenvalue weighted by Gasteiger charge is 2.01. The van der Waals surface area contributed by atoms with Gasteiger partial charge in [0.15, 0.2) is 5.96 Å². The maximum atomic E-state index is 5.92. The fourth-order valence-electron chi connectivity index (χ4n) is 2.36. The first-order chi connectivity index (χ1) is 12.7. The Balaban J connectivity index is 1.60. The van der Waals surface area contributed by atoms with E-state index in [1.807, 2.05) is 60.3 Å². The second-order valence-electron chi connectivity index (χ2n) is 5.67. The number of benzene rings is 1. The zero-order chi connectivity index (χ0) is 18.2. The van der Waals surface area contributed by atoms with Crippen molar-refractivity contribution in [1.82, 2.24) is 25.2 Å². The summed E-state index contributed by atoms with van der Waals surface area (Å²) in [6, 6.07) is 11.7. The third-order valence-corrected chi connectivity index (χ3v) is 3.97. The molecule has 0 aliphatic rings. The van der Waals surface area contributed by atoms with Gasteiger partial charge in [-0.3, -0.25) is 4.57 Å². The van der Waals surface area contributed by atoms with Crippen LogP contribution in [0.25, 0.3) is 5.82 Å². The molecule has 2 aromatic heterocycles. The highest BCUT2D eigenvalue weighted by atomic mass is 35.5. The van der Waals surface area contributed by atoms with Crippen molar-refractivity contribution in [3.05, 3.63) is 77.5 Å². The average molecular weight is 369 g/mol. The minimum atomic E-state index is 0.549. The molecule has 134 valence electrons. The first-order valence-corrected chi connectivity index (χ1v) is 8.82. The van der Waals surface area contributed by atoms with E-state index < -0.39 is 0 Å². The van der Waals surface area contributed by atoms with E-state index in [2.05, 4.69) is 25.6 Å². The van der Waals surface area contributed by atoms with Crippen molar-refractivity contribution in [2.45, 2.75) is 20.0 Å². The Labute approximate surface area is 158 Å². The standard InChI is InChI=1S/C19H21ClN6/c1-2-22-19(24-11-15-3-6-17(20)7-4-15)25-13-16-5-8-18(23-12-16)26-10-9-21-14-26/h3-10,12,14H,2,11,13H2,1H3,(H2,22,24,25). The topological polar surface area (TPSA) is 67.1 Å². The van der Waals surface area contributed by atoms with Gasteiger partial charge in [-0.15, -0.1) is 0 Å².